The van der Waals surface area contributed by atoms with Crippen LogP contribution in [-0.4, -0.2) is 16.8 Å². The maximum absolute atomic E-state index is 10.8. The summed E-state index contributed by atoms with van der Waals surface area (Å²) in [6, 6.07) is 26.4. The van der Waals surface area contributed by atoms with Gasteiger partial charge in [-0.15, -0.1) is 0 Å². The molecule has 0 aliphatic carbocycles. The normalized spacial score (nSPS) is 13.1. The Balaban J connectivity index is 0.000000147. The maximum atomic E-state index is 10.8. The van der Waals surface area contributed by atoms with Crippen LogP contribution in [0.25, 0.3) is 43.1 Å². The molecule has 0 unspecified atom stereocenters. The third kappa shape index (κ3) is 2.28. The van der Waals surface area contributed by atoms with Crippen molar-refractivity contribution in [2.24, 2.45) is 0 Å². The molecule has 30 heavy (non-hydrogen) atoms. The van der Waals surface area contributed by atoms with Crippen LogP contribution in [0.3, 0.4) is 0 Å². The van der Waals surface area contributed by atoms with Gasteiger partial charge in [-0.2, -0.15) is 0 Å². The number of benzene rings is 5. The van der Waals surface area contributed by atoms with Crippen molar-refractivity contribution in [1.82, 2.24) is 10.3 Å². The largest absolute Gasteiger partial charge is 0.366 e. The van der Waals surface area contributed by atoms with Crippen molar-refractivity contribution in [1.29, 1.82) is 0 Å². The minimum Gasteiger partial charge on any atom is -0.366 e. The molecule has 142 valence electrons. The van der Waals surface area contributed by atoms with Gasteiger partial charge in [0.2, 0.25) is 0 Å². The number of imide groups is 1. The Morgan fingerprint density at radius 3 is 1.23 bits per heavy atom. The van der Waals surface area contributed by atoms with E-state index in [4.69, 9.17) is 0 Å². The fourth-order valence-electron chi connectivity index (χ4n) is 4.56. The molecule has 0 fully saturated rings. The molecule has 0 atom stereocenters. The van der Waals surface area contributed by atoms with Crippen molar-refractivity contribution in [2.75, 3.05) is 0 Å². The van der Waals surface area contributed by atoms with Gasteiger partial charge in [0.25, 0.3) is 11.8 Å². The lowest BCUT2D eigenvalue weighted by atomic mass is 9.90. The van der Waals surface area contributed by atoms with Crippen LogP contribution in [0.1, 0.15) is 20.7 Å². The highest BCUT2D eigenvalue weighted by atomic mass is 16.2. The van der Waals surface area contributed by atoms with Crippen molar-refractivity contribution in [3.63, 3.8) is 0 Å². The lowest BCUT2D eigenvalue weighted by Gasteiger charge is -2.13. The molecular weight excluding hydrogens is 372 g/mol. The van der Waals surface area contributed by atoms with Gasteiger partial charge in [-0.1, -0.05) is 72.8 Å². The van der Waals surface area contributed by atoms with Crippen LogP contribution in [0.4, 0.5) is 0 Å². The average molecular weight is 388 g/mol. The van der Waals surface area contributed by atoms with Crippen LogP contribution in [0.5, 0.6) is 0 Å². The summed E-state index contributed by atoms with van der Waals surface area (Å²) in [7, 11) is 0. The number of fused-ring (bicyclic) bond motifs is 3. The molecule has 0 bridgehead atoms. The fourth-order valence-corrected chi connectivity index (χ4v) is 4.56. The van der Waals surface area contributed by atoms with Crippen molar-refractivity contribution in [3.05, 3.63) is 96.3 Å². The van der Waals surface area contributed by atoms with Crippen molar-refractivity contribution in [3.8, 4) is 0 Å². The smallest absolute Gasteiger partial charge is 0.260 e. The number of nitrogens with one attached hydrogen (secondary N) is 2. The molecule has 2 N–H and O–H groups in total. The predicted molar refractivity (Wildman–Crippen MR) is 120 cm³/mol. The van der Waals surface area contributed by atoms with Crippen LogP contribution in [0.15, 0.2) is 85.2 Å². The molecule has 2 heterocycles. The molecule has 0 spiro atoms. The number of aromatic nitrogens is 1. The van der Waals surface area contributed by atoms with Gasteiger partial charge >= 0.3 is 0 Å². The number of carbonyl (C=O) groups excluding carboxylic acids is 2. The zero-order valence-electron chi connectivity index (χ0n) is 15.9. The molecule has 0 radical (unpaired) electrons. The molecule has 5 aromatic carbocycles. The summed E-state index contributed by atoms with van der Waals surface area (Å²) in [5.41, 5.74) is 0.870. The molecule has 7 rings (SSSR count). The molecular formula is C26H16N2O2. The number of aromatic amines is 1. The van der Waals surface area contributed by atoms with Gasteiger partial charge in [-0.05, 0) is 43.1 Å². The van der Waals surface area contributed by atoms with Gasteiger partial charge < -0.3 is 4.98 Å². The van der Waals surface area contributed by atoms with Crippen LogP contribution < -0.4 is 5.32 Å². The third-order valence-corrected chi connectivity index (χ3v) is 5.85. The van der Waals surface area contributed by atoms with Gasteiger partial charge in [0.05, 0.1) is 11.1 Å². The van der Waals surface area contributed by atoms with E-state index in [2.05, 4.69) is 83.1 Å². The summed E-state index contributed by atoms with van der Waals surface area (Å²) in [6.07, 6.45) is 3.02. The first-order valence-corrected chi connectivity index (χ1v) is 9.79. The van der Waals surface area contributed by atoms with E-state index >= 15 is 0 Å². The quantitative estimate of drug-likeness (QED) is 0.201. The highest BCUT2D eigenvalue weighted by Gasteiger charge is 2.26. The molecule has 1 aromatic heterocycles. The highest BCUT2D eigenvalue weighted by Crippen LogP contribution is 2.39. The Bertz CT molecular complexity index is 1410. The van der Waals surface area contributed by atoms with Crippen molar-refractivity contribution in [2.45, 2.75) is 0 Å². The van der Waals surface area contributed by atoms with Gasteiger partial charge in [-0.3, -0.25) is 14.9 Å². The topological polar surface area (TPSA) is 62.0 Å². The second kappa shape index (κ2) is 6.16. The molecule has 1 aliphatic heterocycles. The number of hydrogen-bond acceptors (Lipinski definition) is 2. The Labute approximate surface area is 171 Å². The van der Waals surface area contributed by atoms with Crippen LogP contribution in [-0.2, 0) is 0 Å². The van der Waals surface area contributed by atoms with E-state index in [1.54, 1.807) is 0 Å². The summed E-state index contributed by atoms with van der Waals surface area (Å²) in [5, 5.41) is 13.0. The van der Waals surface area contributed by atoms with E-state index in [0.717, 1.165) is 0 Å². The summed E-state index contributed by atoms with van der Waals surface area (Å²) in [5.74, 6) is -0.637. The standard InChI is InChI=1S/C20H12.C6H4N2O2/c1-5-13-6-2-11-17-18-12-4-8-14-7-3-10-16(20(14)18)15(9-1)19(13)17;9-5-3-1-7-2-4(3)6(10)8-5/h1-12H;1-2,7H,(H,8,9,10). The van der Waals surface area contributed by atoms with Gasteiger partial charge in [0.1, 0.15) is 0 Å². The number of H-pyrrole nitrogens is 1. The average Bonchev–Trinajstić information content (AvgIpc) is 3.37. The van der Waals surface area contributed by atoms with E-state index < -0.39 is 0 Å². The lowest BCUT2D eigenvalue weighted by Crippen LogP contribution is -2.20. The molecule has 2 amide bonds. The minimum atomic E-state index is -0.318. The molecule has 4 heteroatoms. The molecule has 1 aliphatic rings. The minimum absolute atomic E-state index is 0.318. The molecule has 4 nitrogen and oxygen atoms in total. The summed E-state index contributed by atoms with van der Waals surface area (Å²) in [6.45, 7) is 0. The van der Waals surface area contributed by atoms with E-state index in [9.17, 15) is 9.59 Å². The highest BCUT2D eigenvalue weighted by molar-refractivity contribution is 6.32. The first kappa shape index (κ1) is 16.7. The zero-order chi connectivity index (χ0) is 20.2. The number of hydrogen-bond donors (Lipinski definition) is 2. The second-order valence-corrected chi connectivity index (χ2v) is 7.48. The fraction of sp³-hybridized carbons (Fsp3) is 0. The van der Waals surface area contributed by atoms with E-state index in [-0.39, 0.29) is 11.8 Å². The Morgan fingerprint density at radius 1 is 0.500 bits per heavy atom. The molecule has 0 saturated heterocycles. The summed E-state index contributed by atoms with van der Waals surface area (Å²) < 4.78 is 0. The SMILES string of the molecule is O=C1NC(=O)c2c[nH]cc21.c1cc2cccc3c4cccc5cccc(c(c1)c23)c54. The van der Waals surface area contributed by atoms with E-state index in [0.29, 0.717) is 11.1 Å². The Kier molecular flexibility index (Phi) is 3.44. The van der Waals surface area contributed by atoms with Gasteiger partial charge in [-0.25, -0.2) is 0 Å². The first-order valence-electron chi connectivity index (χ1n) is 9.79. The number of carbonyl (C=O) groups is 2. The van der Waals surface area contributed by atoms with Crippen molar-refractivity contribution >= 4 is 54.9 Å². The van der Waals surface area contributed by atoms with Crippen LogP contribution in [0.2, 0.25) is 0 Å². The van der Waals surface area contributed by atoms with Crippen LogP contribution >= 0.6 is 0 Å². The van der Waals surface area contributed by atoms with Crippen LogP contribution in [0, 0.1) is 0 Å². The van der Waals surface area contributed by atoms with E-state index in [1.807, 2.05) is 0 Å². The number of rotatable bonds is 0. The predicted octanol–water partition coefficient (Wildman–Crippen LogP) is 5.64. The van der Waals surface area contributed by atoms with E-state index in [1.165, 1.54) is 55.5 Å². The van der Waals surface area contributed by atoms with Gasteiger partial charge in [0, 0.05) is 12.4 Å². The van der Waals surface area contributed by atoms with Crippen molar-refractivity contribution < 1.29 is 9.59 Å². The van der Waals surface area contributed by atoms with Gasteiger partial charge in [0.15, 0.2) is 0 Å². The summed E-state index contributed by atoms with van der Waals surface area (Å²) >= 11 is 0. The molecule has 0 saturated carbocycles. The Hall–Kier alpha value is -4.18. The lowest BCUT2D eigenvalue weighted by molar-refractivity contribution is 0.0879. The number of amides is 2. The monoisotopic (exact) mass is 388 g/mol. The third-order valence-electron chi connectivity index (χ3n) is 5.85. The molecule has 6 aromatic rings. The Morgan fingerprint density at radius 2 is 0.867 bits per heavy atom. The second-order valence-electron chi connectivity index (χ2n) is 7.48. The first-order chi connectivity index (χ1) is 14.7. The maximum Gasteiger partial charge on any atom is 0.260 e. The summed E-state index contributed by atoms with van der Waals surface area (Å²) in [4.78, 5) is 24.2. The zero-order valence-corrected chi connectivity index (χ0v) is 15.9.